The number of carbonyl (C=O) groups is 2. The Labute approximate surface area is 231 Å². The van der Waals surface area contributed by atoms with Crippen LogP contribution < -0.4 is 5.32 Å². The second kappa shape index (κ2) is 29.5. The van der Waals surface area contributed by atoms with Gasteiger partial charge in [0.2, 0.25) is 5.91 Å². The van der Waals surface area contributed by atoms with Gasteiger partial charge in [-0.15, -0.1) is 0 Å². The average Bonchev–Trinajstić information content (AvgIpc) is 2.89. The molecule has 0 heterocycles. The van der Waals surface area contributed by atoms with Crippen molar-refractivity contribution in [2.75, 3.05) is 6.61 Å². The quantitative estimate of drug-likeness (QED) is 0.0783. The minimum atomic E-state index is -0.549. The molecule has 1 N–H and O–H groups in total. The molecule has 1 amide bonds. The molecule has 4 nitrogen and oxygen atoms in total. The molecule has 0 fully saturated rings. The van der Waals surface area contributed by atoms with Crippen molar-refractivity contribution in [2.45, 2.75) is 194 Å². The van der Waals surface area contributed by atoms with E-state index >= 15 is 0 Å². The van der Waals surface area contributed by atoms with E-state index in [0.717, 1.165) is 25.7 Å². The highest BCUT2D eigenvalue weighted by atomic mass is 16.5. The Bertz CT molecular complexity index is 494. The fourth-order valence-corrected chi connectivity index (χ4v) is 4.92. The third-order valence-electron chi connectivity index (χ3n) is 7.48. The first-order valence-electron chi connectivity index (χ1n) is 16.6. The molecule has 0 saturated carbocycles. The Hall–Kier alpha value is -1.06. The van der Waals surface area contributed by atoms with Crippen molar-refractivity contribution in [1.29, 1.82) is 0 Å². The van der Waals surface area contributed by atoms with Crippen LogP contribution in [0.4, 0.5) is 0 Å². The second-order valence-electron chi connectivity index (χ2n) is 11.3. The molecule has 0 aliphatic heterocycles. The van der Waals surface area contributed by atoms with Crippen molar-refractivity contribution in [3.8, 4) is 0 Å². The molecule has 0 aromatic rings. The van der Waals surface area contributed by atoms with E-state index in [2.05, 4.69) is 19.2 Å². The van der Waals surface area contributed by atoms with Crippen molar-refractivity contribution in [3.63, 3.8) is 0 Å². The summed E-state index contributed by atoms with van der Waals surface area (Å²) in [5.74, 6) is -0.337. The molecule has 1 atom stereocenters. The number of rotatable bonds is 29. The molecule has 0 saturated heterocycles. The molecular formula is C33H65NO3. The number of esters is 1. The number of unbranched alkanes of at least 4 members (excludes halogenated alkanes) is 23. The maximum absolute atomic E-state index is 12.1. The van der Waals surface area contributed by atoms with Crippen molar-refractivity contribution in [3.05, 3.63) is 0 Å². The molecule has 4 heteroatoms. The Morgan fingerprint density at radius 1 is 0.514 bits per heavy atom. The number of carbonyl (C=O) groups excluding carboxylic acids is 2. The van der Waals surface area contributed by atoms with Crippen molar-refractivity contribution >= 4 is 11.9 Å². The molecule has 0 aliphatic rings. The van der Waals surface area contributed by atoms with Crippen LogP contribution in [0.5, 0.6) is 0 Å². The van der Waals surface area contributed by atoms with Crippen LogP contribution in [-0.4, -0.2) is 24.5 Å². The molecule has 37 heavy (non-hydrogen) atoms. The Morgan fingerprint density at radius 2 is 0.838 bits per heavy atom. The first-order chi connectivity index (χ1) is 18.1. The van der Waals surface area contributed by atoms with Gasteiger partial charge in [0, 0.05) is 6.42 Å². The molecule has 1 unspecified atom stereocenters. The molecular weight excluding hydrogens is 458 g/mol. The summed E-state index contributed by atoms with van der Waals surface area (Å²) < 4.78 is 5.37. The molecule has 0 spiro atoms. The van der Waals surface area contributed by atoms with Crippen LogP contribution in [0, 0.1) is 0 Å². The van der Waals surface area contributed by atoms with E-state index < -0.39 is 6.04 Å². The van der Waals surface area contributed by atoms with Crippen LogP contribution in [0.25, 0.3) is 0 Å². The standard InChI is InChI=1S/C33H65NO3/c1-4-6-8-10-12-14-15-16-17-18-19-20-22-24-26-28-30-37-33(36)31(3)34-32(35)29-27-25-23-21-13-11-9-7-5-2/h31H,4-30H2,1-3H3,(H,34,35). The summed E-state index contributed by atoms with van der Waals surface area (Å²) in [5, 5.41) is 2.80. The smallest absolute Gasteiger partial charge is 0.328 e. The Morgan fingerprint density at radius 3 is 1.22 bits per heavy atom. The van der Waals surface area contributed by atoms with Crippen LogP contribution in [0.1, 0.15) is 188 Å². The van der Waals surface area contributed by atoms with Gasteiger partial charge in [0.25, 0.3) is 0 Å². The van der Waals surface area contributed by atoms with Crippen molar-refractivity contribution in [1.82, 2.24) is 5.32 Å². The molecule has 0 aromatic heterocycles. The minimum absolute atomic E-state index is 0.0326. The molecule has 0 bridgehead atoms. The predicted octanol–water partition coefficient (Wildman–Crippen LogP) is 10.2. The highest BCUT2D eigenvalue weighted by molar-refractivity contribution is 5.84. The summed E-state index contributed by atoms with van der Waals surface area (Å²) in [7, 11) is 0. The number of hydrogen-bond acceptors (Lipinski definition) is 3. The fourth-order valence-electron chi connectivity index (χ4n) is 4.92. The molecule has 220 valence electrons. The van der Waals surface area contributed by atoms with E-state index in [1.54, 1.807) is 6.92 Å². The first kappa shape index (κ1) is 35.9. The van der Waals surface area contributed by atoms with Gasteiger partial charge in [-0.2, -0.15) is 0 Å². The van der Waals surface area contributed by atoms with Gasteiger partial charge in [-0.1, -0.05) is 162 Å². The number of amides is 1. The van der Waals surface area contributed by atoms with Crippen LogP contribution in [0.3, 0.4) is 0 Å². The number of ether oxygens (including phenoxy) is 1. The molecule has 0 aliphatic carbocycles. The topological polar surface area (TPSA) is 55.4 Å². The highest BCUT2D eigenvalue weighted by Crippen LogP contribution is 2.14. The fraction of sp³-hybridized carbons (Fsp3) is 0.939. The third-order valence-corrected chi connectivity index (χ3v) is 7.48. The van der Waals surface area contributed by atoms with Gasteiger partial charge in [0.1, 0.15) is 6.04 Å². The highest BCUT2D eigenvalue weighted by Gasteiger charge is 2.16. The number of hydrogen-bond donors (Lipinski definition) is 1. The Kier molecular flexibility index (Phi) is 28.7. The lowest BCUT2D eigenvalue weighted by molar-refractivity contribution is -0.147. The molecule has 0 aromatic carbocycles. The zero-order valence-corrected chi connectivity index (χ0v) is 25.4. The first-order valence-corrected chi connectivity index (χ1v) is 16.6. The molecule has 0 radical (unpaired) electrons. The van der Waals surface area contributed by atoms with E-state index in [1.807, 2.05) is 0 Å². The van der Waals surface area contributed by atoms with Crippen LogP contribution in [0.2, 0.25) is 0 Å². The van der Waals surface area contributed by atoms with Gasteiger partial charge >= 0.3 is 5.97 Å². The lowest BCUT2D eigenvalue weighted by atomic mass is 10.0. The van der Waals surface area contributed by atoms with Crippen LogP contribution >= 0.6 is 0 Å². The zero-order valence-electron chi connectivity index (χ0n) is 25.4. The third kappa shape index (κ3) is 27.8. The molecule has 0 rings (SSSR count). The van der Waals surface area contributed by atoms with E-state index in [-0.39, 0.29) is 11.9 Å². The monoisotopic (exact) mass is 523 g/mol. The largest absolute Gasteiger partial charge is 0.464 e. The van der Waals surface area contributed by atoms with Crippen LogP contribution in [-0.2, 0) is 14.3 Å². The second-order valence-corrected chi connectivity index (χ2v) is 11.3. The predicted molar refractivity (Wildman–Crippen MR) is 160 cm³/mol. The normalized spacial score (nSPS) is 12.0. The lowest BCUT2D eigenvalue weighted by Gasteiger charge is -2.13. The van der Waals surface area contributed by atoms with Gasteiger partial charge in [-0.25, -0.2) is 4.79 Å². The van der Waals surface area contributed by atoms with Crippen molar-refractivity contribution in [2.24, 2.45) is 0 Å². The van der Waals surface area contributed by atoms with Crippen LogP contribution in [0.15, 0.2) is 0 Å². The maximum Gasteiger partial charge on any atom is 0.328 e. The summed E-state index contributed by atoms with van der Waals surface area (Å²) in [6, 6.07) is -0.549. The van der Waals surface area contributed by atoms with E-state index in [1.165, 1.54) is 135 Å². The van der Waals surface area contributed by atoms with Gasteiger partial charge in [0.05, 0.1) is 6.61 Å². The summed E-state index contributed by atoms with van der Waals surface area (Å²) in [6.07, 6.45) is 33.0. The van der Waals surface area contributed by atoms with Crippen molar-refractivity contribution < 1.29 is 14.3 Å². The van der Waals surface area contributed by atoms with E-state index in [9.17, 15) is 9.59 Å². The summed E-state index contributed by atoms with van der Waals surface area (Å²) in [6.45, 7) is 6.72. The van der Waals surface area contributed by atoms with E-state index in [4.69, 9.17) is 4.74 Å². The van der Waals surface area contributed by atoms with Gasteiger partial charge < -0.3 is 10.1 Å². The SMILES string of the molecule is CCCCCCCCCCCCCCCCCCOC(=O)C(C)NC(=O)CCCCCCCCCCC. The Balaban J connectivity index is 3.40. The van der Waals surface area contributed by atoms with Gasteiger partial charge in [0.15, 0.2) is 0 Å². The lowest BCUT2D eigenvalue weighted by Crippen LogP contribution is -2.39. The summed E-state index contributed by atoms with van der Waals surface area (Å²) in [4.78, 5) is 24.2. The van der Waals surface area contributed by atoms with E-state index in [0.29, 0.717) is 13.0 Å². The van der Waals surface area contributed by atoms with Gasteiger partial charge in [-0.3, -0.25) is 4.79 Å². The summed E-state index contributed by atoms with van der Waals surface area (Å²) >= 11 is 0. The number of nitrogens with one attached hydrogen (secondary N) is 1. The average molecular weight is 524 g/mol. The van der Waals surface area contributed by atoms with Gasteiger partial charge in [-0.05, 0) is 19.8 Å². The zero-order chi connectivity index (χ0) is 27.2. The maximum atomic E-state index is 12.1. The summed E-state index contributed by atoms with van der Waals surface area (Å²) in [5.41, 5.74) is 0. The minimum Gasteiger partial charge on any atom is -0.464 e.